The van der Waals surface area contributed by atoms with E-state index in [-0.39, 0.29) is 0 Å². The summed E-state index contributed by atoms with van der Waals surface area (Å²) in [6.07, 6.45) is 0. The molecule has 108 valence electrons. The Kier molecular flexibility index (Phi) is 4.73. The van der Waals surface area contributed by atoms with Crippen LogP contribution in [0.3, 0.4) is 0 Å². The first-order valence-corrected chi connectivity index (χ1v) is 8.31. The zero-order valence-electron chi connectivity index (χ0n) is 11.2. The third-order valence-electron chi connectivity index (χ3n) is 3.07. The van der Waals surface area contributed by atoms with E-state index in [0.717, 1.165) is 33.5 Å². The van der Waals surface area contributed by atoms with Crippen LogP contribution < -0.4 is 4.74 Å². The van der Waals surface area contributed by atoms with Crippen LogP contribution in [0.4, 0.5) is 0 Å². The molecule has 0 aromatic heterocycles. The van der Waals surface area contributed by atoms with E-state index in [0.29, 0.717) is 17.4 Å². The number of thioether (sulfide) groups is 1. The second kappa shape index (κ2) is 6.73. The summed E-state index contributed by atoms with van der Waals surface area (Å²) in [6, 6.07) is 13.4. The van der Waals surface area contributed by atoms with Gasteiger partial charge < -0.3 is 4.74 Å². The van der Waals surface area contributed by atoms with Crippen molar-refractivity contribution in [1.29, 1.82) is 0 Å². The molecule has 0 fully saturated rings. The van der Waals surface area contributed by atoms with Gasteiger partial charge >= 0.3 is 0 Å². The lowest BCUT2D eigenvalue weighted by atomic mass is 10.2. The van der Waals surface area contributed by atoms with Gasteiger partial charge in [0.2, 0.25) is 0 Å². The highest BCUT2D eigenvalue weighted by Gasteiger charge is 2.12. The van der Waals surface area contributed by atoms with E-state index in [2.05, 4.69) is 4.99 Å². The normalized spacial score (nSPS) is 14.1. The molecule has 3 rings (SSSR count). The van der Waals surface area contributed by atoms with E-state index < -0.39 is 0 Å². The molecule has 0 atom stereocenters. The molecule has 0 aliphatic carbocycles. The van der Waals surface area contributed by atoms with Gasteiger partial charge in [-0.25, -0.2) is 0 Å². The van der Waals surface area contributed by atoms with Crippen molar-refractivity contribution in [2.75, 3.05) is 12.3 Å². The molecule has 5 heteroatoms. The van der Waals surface area contributed by atoms with Gasteiger partial charge in [0.15, 0.2) is 0 Å². The van der Waals surface area contributed by atoms with Crippen LogP contribution in [0.25, 0.3) is 0 Å². The average molecular weight is 338 g/mol. The van der Waals surface area contributed by atoms with Crippen molar-refractivity contribution in [2.24, 2.45) is 4.99 Å². The van der Waals surface area contributed by atoms with Crippen LogP contribution in [0.5, 0.6) is 5.75 Å². The Morgan fingerprint density at radius 3 is 2.57 bits per heavy atom. The first kappa shape index (κ1) is 14.8. The van der Waals surface area contributed by atoms with Gasteiger partial charge in [-0.15, -0.1) is 11.8 Å². The molecule has 0 spiro atoms. The van der Waals surface area contributed by atoms with Crippen molar-refractivity contribution in [1.82, 2.24) is 0 Å². The highest BCUT2D eigenvalue weighted by Crippen LogP contribution is 2.29. The zero-order valence-corrected chi connectivity index (χ0v) is 13.5. The van der Waals surface area contributed by atoms with Crippen molar-refractivity contribution in [3.05, 3.63) is 63.6 Å². The average Bonchev–Trinajstić information content (AvgIpc) is 3.02. The Morgan fingerprint density at radius 1 is 1.10 bits per heavy atom. The number of nitrogens with zero attached hydrogens (tertiary/aromatic N) is 1. The zero-order chi connectivity index (χ0) is 14.7. The lowest BCUT2D eigenvalue weighted by Crippen LogP contribution is -1.97. The molecule has 1 heterocycles. The van der Waals surface area contributed by atoms with Gasteiger partial charge in [0.05, 0.1) is 10.1 Å². The maximum Gasteiger partial charge on any atom is 0.138 e. The summed E-state index contributed by atoms with van der Waals surface area (Å²) in [5, 5.41) is 2.38. The molecule has 0 radical (unpaired) electrons. The monoisotopic (exact) mass is 337 g/mol. The third kappa shape index (κ3) is 3.73. The molecule has 1 aliphatic rings. The predicted octanol–water partition coefficient (Wildman–Crippen LogP) is 5.07. The number of hydrogen-bond donors (Lipinski definition) is 0. The van der Waals surface area contributed by atoms with Gasteiger partial charge in [-0.1, -0.05) is 35.3 Å². The minimum Gasteiger partial charge on any atom is -0.487 e. The Balaban J connectivity index is 1.69. The summed E-state index contributed by atoms with van der Waals surface area (Å²) < 4.78 is 5.76. The Morgan fingerprint density at radius 2 is 1.90 bits per heavy atom. The first-order chi connectivity index (χ1) is 10.2. The summed E-state index contributed by atoms with van der Waals surface area (Å²) in [7, 11) is 0. The maximum absolute atomic E-state index is 6.29. The molecular weight excluding hydrogens is 325 g/mol. The summed E-state index contributed by atoms with van der Waals surface area (Å²) in [4.78, 5) is 4.45. The lowest BCUT2D eigenvalue weighted by molar-refractivity contribution is 0.306. The minimum atomic E-state index is 0.464. The van der Waals surface area contributed by atoms with E-state index in [9.17, 15) is 0 Å². The molecule has 1 aliphatic heterocycles. The van der Waals surface area contributed by atoms with Gasteiger partial charge in [0, 0.05) is 22.9 Å². The number of rotatable bonds is 4. The second-order valence-electron chi connectivity index (χ2n) is 4.60. The predicted molar refractivity (Wildman–Crippen MR) is 91.1 cm³/mol. The molecule has 2 aromatic carbocycles. The van der Waals surface area contributed by atoms with Crippen LogP contribution in [0.2, 0.25) is 10.0 Å². The van der Waals surface area contributed by atoms with E-state index >= 15 is 0 Å². The molecule has 0 saturated carbocycles. The van der Waals surface area contributed by atoms with Gasteiger partial charge in [0.25, 0.3) is 0 Å². The van der Waals surface area contributed by atoms with Crippen molar-refractivity contribution in [3.8, 4) is 5.75 Å². The maximum atomic E-state index is 6.29. The van der Waals surface area contributed by atoms with E-state index in [1.807, 2.05) is 42.5 Å². The number of benzene rings is 2. The van der Waals surface area contributed by atoms with Gasteiger partial charge in [-0.2, -0.15) is 0 Å². The lowest BCUT2D eigenvalue weighted by Gasteiger charge is -2.09. The Labute approximate surface area is 138 Å². The van der Waals surface area contributed by atoms with Crippen molar-refractivity contribution in [2.45, 2.75) is 6.61 Å². The van der Waals surface area contributed by atoms with Crippen molar-refractivity contribution < 1.29 is 4.74 Å². The second-order valence-corrected chi connectivity index (χ2v) is 6.52. The molecular formula is C16H13Cl2NOS. The van der Waals surface area contributed by atoms with E-state index in [1.54, 1.807) is 11.8 Å². The molecule has 2 nitrogen and oxygen atoms in total. The smallest absolute Gasteiger partial charge is 0.138 e. The quantitative estimate of drug-likeness (QED) is 0.777. The summed E-state index contributed by atoms with van der Waals surface area (Å²) >= 11 is 13.9. The third-order valence-corrected chi connectivity index (χ3v) is 4.64. The first-order valence-electron chi connectivity index (χ1n) is 6.57. The van der Waals surface area contributed by atoms with Crippen LogP contribution in [0.1, 0.15) is 11.1 Å². The molecule has 0 saturated heterocycles. The van der Waals surface area contributed by atoms with Crippen LogP contribution in [0, 0.1) is 0 Å². The van der Waals surface area contributed by atoms with Gasteiger partial charge in [0.1, 0.15) is 12.4 Å². The fourth-order valence-corrected chi connectivity index (χ4v) is 3.22. The standard InChI is InChI=1S/C16H13Cl2NOS/c17-13-4-1-11(2-5-13)10-20-15-6-3-12(9-14(15)18)16-19-7-8-21-16/h1-6,9H,7-8,10H2. The van der Waals surface area contributed by atoms with Crippen LogP contribution in [0.15, 0.2) is 47.5 Å². The molecule has 2 aromatic rings. The number of aliphatic imine (C=N–C) groups is 1. The Hall–Kier alpha value is -1.16. The Bertz CT molecular complexity index is 670. The van der Waals surface area contributed by atoms with Crippen molar-refractivity contribution in [3.63, 3.8) is 0 Å². The van der Waals surface area contributed by atoms with Crippen LogP contribution in [-0.2, 0) is 6.61 Å². The van der Waals surface area contributed by atoms with Crippen LogP contribution in [-0.4, -0.2) is 17.3 Å². The molecule has 0 bridgehead atoms. The number of hydrogen-bond acceptors (Lipinski definition) is 3. The number of halogens is 2. The number of ether oxygens (including phenoxy) is 1. The highest BCUT2D eigenvalue weighted by atomic mass is 35.5. The topological polar surface area (TPSA) is 21.6 Å². The highest BCUT2D eigenvalue weighted by molar-refractivity contribution is 8.14. The summed E-state index contributed by atoms with van der Waals surface area (Å²) in [5.41, 5.74) is 2.11. The summed E-state index contributed by atoms with van der Waals surface area (Å²) in [6.45, 7) is 1.35. The van der Waals surface area contributed by atoms with Gasteiger partial charge in [-0.3, -0.25) is 4.99 Å². The fourth-order valence-electron chi connectivity index (χ4n) is 2.00. The molecule has 0 unspecified atom stereocenters. The minimum absolute atomic E-state index is 0.464. The van der Waals surface area contributed by atoms with Gasteiger partial charge in [-0.05, 0) is 35.9 Å². The SMILES string of the molecule is Clc1ccc(COc2ccc(C3=NCCS3)cc2Cl)cc1. The molecule has 0 amide bonds. The van der Waals surface area contributed by atoms with Crippen molar-refractivity contribution >= 4 is 40.0 Å². The summed E-state index contributed by atoms with van der Waals surface area (Å²) in [5.74, 6) is 1.72. The van der Waals surface area contributed by atoms with E-state index in [1.165, 1.54) is 0 Å². The molecule has 21 heavy (non-hydrogen) atoms. The molecule has 0 N–H and O–H groups in total. The van der Waals surface area contributed by atoms with Crippen LogP contribution >= 0.6 is 35.0 Å². The fraction of sp³-hybridized carbons (Fsp3) is 0.188. The van der Waals surface area contributed by atoms with E-state index in [4.69, 9.17) is 27.9 Å². The largest absolute Gasteiger partial charge is 0.487 e.